The van der Waals surface area contributed by atoms with Gasteiger partial charge in [-0.25, -0.2) is 4.79 Å². The number of aliphatic hydroxyl groups excluding tert-OH is 1. The Morgan fingerprint density at radius 3 is 2.53 bits per heavy atom. The van der Waals surface area contributed by atoms with Gasteiger partial charge in [-0.15, -0.1) is 0 Å². The van der Waals surface area contributed by atoms with Crippen molar-refractivity contribution in [3.8, 4) is 0 Å². The van der Waals surface area contributed by atoms with Gasteiger partial charge >= 0.3 is 5.97 Å². The van der Waals surface area contributed by atoms with E-state index in [2.05, 4.69) is 0 Å². The molecule has 5 nitrogen and oxygen atoms in total. The van der Waals surface area contributed by atoms with E-state index in [1.165, 1.54) is 7.11 Å². The number of carbonyl (C=O) groups is 1. The highest BCUT2D eigenvalue weighted by molar-refractivity contribution is 5.93. The fourth-order valence-corrected chi connectivity index (χ4v) is 2.05. The normalized spacial score (nSPS) is 12.6. The predicted octanol–water partition coefficient (Wildman–Crippen LogP) is 0.811. The van der Waals surface area contributed by atoms with Crippen LogP contribution >= 0.6 is 0 Å². The number of rotatable bonds is 4. The van der Waals surface area contributed by atoms with Gasteiger partial charge in [0.15, 0.2) is 0 Å². The van der Waals surface area contributed by atoms with Crippen molar-refractivity contribution in [1.82, 2.24) is 4.57 Å². The van der Waals surface area contributed by atoms with Gasteiger partial charge in [0.2, 0.25) is 0 Å². The summed E-state index contributed by atoms with van der Waals surface area (Å²) in [5.74, 6) is -0.419. The Morgan fingerprint density at radius 1 is 1.47 bits per heavy atom. The standard InChI is InChI=1S/C12H20N2O3/c1-7-10(9(15)5-6-13)11(12(16)17-4)8(2)14(7)3/h9,15H,5-6,13H2,1-4H3. The summed E-state index contributed by atoms with van der Waals surface area (Å²) in [5, 5.41) is 10.1. The minimum atomic E-state index is -0.728. The highest BCUT2D eigenvalue weighted by atomic mass is 16.5. The lowest BCUT2D eigenvalue weighted by Crippen LogP contribution is -2.12. The lowest BCUT2D eigenvalue weighted by Gasteiger charge is -2.11. The first kappa shape index (κ1) is 13.7. The Morgan fingerprint density at radius 2 is 2.06 bits per heavy atom. The van der Waals surface area contributed by atoms with Crippen LogP contribution in [0, 0.1) is 13.8 Å². The molecule has 0 amide bonds. The Kier molecular flexibility index (Phi) is 4.31. The van der Waals surface area contributed by atoms with E-state index in [9.17, 15) is 9.90 Å². The lowest BCUT2D eigenvalue weighted by atomic mass is 10.0. The Hall–Kier alpha value is -1.33. The number of aliphatic hydroxyl groups is 1. The molecule has 1 aromatic rings. The number of nitrogens with zero attached hydrogens (tertiary/aromatic N) is 1. The molecule has 5 heteroatoms. The van der Waals surface area contributed by atoms with Gasteiger partial charge in [-0.05, 0) is 26.8 Å². The van der Waals surface area contributed by atoms with E-state index < -0.39 is 12.1 Å². The summed E-state index contributed by atoms with van der Waals surface area (Å²) >= 11 is 0. The molecule has 1 heterocycles. The van der Waals surface area contributed by atoms with Crippen LogP contribution in [0.2, 0.25) is 0 Å². The van der Waals surface area contributed by atoms with Crippen LogP contribution in [0.4, 0.5) is 0 Å². The number of hydrogen-bond donors (Lipinski definition) is 2. The summed E-state index contributed by atoms with van der Waals surface area (Å²) in [6, 6.07) is 0. The van der Waals surface area contributed by atoms with Crippen LogP contribution in [0.3, 0.4) is 0 Å². The Balaban J connectivity index is 3.36. The van der Waals surface area contributed by atoms with Gasteiger partial charge in [0.25, 0.3) is 0 Å². The first-order chi connectivity index (χ1) is 7.95. The second-order valence-electron chi connectivity index (χ2n) is 4.10. The van der Waals surface area contributed by atoms with E-state index in [1.807, 2.05) is 25.5 Å². The predicted molar refractivity (Wildman–Crippen MR) is 64.9 cm³/mol. The second-order valence-corrected chi connectivity index (χ2v) is 4.10. The maximum absolute atomic E-state index is 11.8. The number of esters is 1. The zero-order valence-corrected chi connectivity index (χ0v) is 10.8. The van der Waals surface area contributed by atoms with Gasteiger partial charge < -0.3 is 20.1 Å². The van der Waals surface area contributed by atoms with Gasteiger partial charge in [0.05, 0.1) is 18.8 Å². The second kappa shape index (κ2) is 5.33. The third-order valence-electron chi connectivity index (χ3n) is 3.19. The van der Waals surface area contributed by atoms with Crippen LogP contribution in [0.5, 0.6) is 0 Å². The van der Waals surface area contributed by atoms with E-state index in [4.69, 9.17) is 10.5 Å². The molecule has 0 saturated carbocycles. The van der Waals surface area contributed by atoms with E-state index in [-0.39, 0.29) is 0 Å². The molecule has 96 valence electrons. The molecular weight excluding hydrogens is 220 g/mol. The Bertz CT molecular complexity index is 424. The van der Waals surface area contributed by atoms with Crippen LogP contribution in [-0.4, -0.2) is 29.3 Å². The van der Waals surface area contributed by atoms with Crippen LogP contribution in [-0.2, 0) is 11.8 Å². The van der Waals surface area contributed by atoms with Crippen molar-refractivity contribution >= 4 is 5.97 Å². The van der Waals surface area contributed by atoms with Crippen molar-refractivity contribution in [2.24, 2.45) is 12.8 Å². The molecule has 0 aliphatic rings. The first-order valence-electron chi connectivity index (χ1n) is 5.57. The van der Waals surface area contributed by atoms with Crippen molar-refractivity contribution < 1.29 is 14.6 Å². The number of carbonyl (C=O) groups excluding carboxylic acids is 1. The molecule has 1 rings (SSSR count). The molecule has 1 aromatic heterocycles. The van der Waals surface area contributed by atoms with Crippen molar-refractivity contribution in [3.05, 3.63) is 22.5 Å². The van der Waals surface area contributed by atoms with Crippen LogP contribution < -0.4 is 5.73 Å². The summed E-state index contributed by atoms with van der Waals surface area (Å²) in [5.41, 5.74) is 8.17. The summed E-state index contributed by atoms with van der Waals surface area (Å²) in [7, 11) is 3.19. The average molecular weight is 240 g/mol. The number of hydrogen-bond acceptors (Lipinski definition) is 4. The van der Waals surface area contributed by atoms with E-state index in [0.29, 0.717) is 24.1 Å². The summed E-state index contributed by atoms with van der Waals surface area (Å²) in [4.78, 5) is 11.8. The largest absolute Gasteiger partial charge is 0.465 e. The van der Waals surface area contributed by atoms with Gasteiger partial charge in [0.1, 0.15) is 0 Å². The summed E-state index contributed by atoms with van der Waals surface area (Å²) in [6.07, 6.45) is -0.303. The van der Waals surface area contributed by atoms with Crippen LogP contribution in [0.15, 0.2) is 0 Å². The molecule has 0 aliphatic heterocycles. The fourth-order valence-electron chi connectivity index (χ4n) is 2.05. The third kappa shape index (κ3) is 2.35. The molecule has 0 fully saturated rings. The minimum absolute atomic E-state index is 0.370. The monoisotopic (exact) mass is 240 g/mol. The zero-order chi connectivity index (χ0) is 13.2. The number of methoxy groups -OCH3 is 1. The number of nitrogens with two attached hydrogens (primary N) is 1. The number of aromatic nitrogens is 1. The molecule has 0 spiro atoms. The first-order valence-corrected chi connectivity index (χ1v) is 5.57. The van der Waals surface area contributed by atoms with Crippen molar-refractivity contribution in [2.45, 2.75) is 26.4 Å². The van der Waals surface area contributed by atoms with Gasteiger partial charge in [-0.1, -0.05) is 0 Å². The molecule has 0 aromatic carbocycles. The molecule has 17 heavy (non-hydrogen) atoms. The van der Waals surface area contributed by atoms with Crippen LogP contribution in [0.25, 0.3) is 0 Å². The quantitative estimate of drug-likeness (QED) is 0.763. The van der Waals surface area contributed by atoms with Crippen molar-refractivity contribution in [2.75, 3.05) is 13.7 Å². The van der Waals surface area contributed by atoms with E-state index in [1.54, 1.807) is 0 Å². The zero-order valence-electron chi connectivity index (χ0n) is 10.8. The molecule has 0 saturated heterocycles. The van der Waals surface area contributed by atoms with Gasteiger partial charge in [-0.3, -0.25) is 0 Å². The van der Waals surface area contributed by atoms with Gasteiger partial charge in [0, 0.05) is 24.0 Å². The van der Waals surface area contributed by atoms with Gasteiger partial charge in [-0.2, -0.15) is 0 Å². The Labute approximate surface area is 101 Å². The molecule has 0 bridgehead atoms. The number of ether oxygens (including phenoxy) is 1. The van der Waals surface area contributed by atoms with Crippen molar-refractivity contribution in [3.63, 3.8) is 0 Å². The smallest absolute Gasteiger partial charge is 0.340 e. The molecule has 0 radical (unpaired) electrons. The average Bonchev–Trinajstić information content (AvgIpc) is 2.53. The maximum Gasteiger partial charge on any atom is 0.340 e. The summed E-state index contributed by atoms with van der Waals surface area (Å²) in [6.45, 7) is 4.07. The third-order valence-corrected chi connectivity index (χ3v) is 3.19. The SMILES string of the molecule is COC(=O)c1c(C(O)CCN)c(C)n(C)c1C. The maximum atomic E-state index is 11.8. The summed E-state index contributed by atoms with van der Waals surface area (Å²) < 4.78 is 6.64. The highest BCUT2D eigenvalue weighted by Gasteiger charge is 2.26. The molecule has 3 N–H and O–H groups in total. The van der Waals surface area contributed by atoms with Crippen molar-refractivity contribution in [1.29, 1.82) is 0 Å². The molecule has 1 unspecified atom stereocenters. The molecule has 1 atom stereocenters. The van der Waals surface area contributed by atoms with E-state index >= 15 is 0 Å². The highest BCUT2D eigenvalue weighted by Crippen LogP contribution is 2.29. The lowest BCUT2D eigenvalue weighted by molar-refractivity contribution is 0.0592. The fraction of sp³-hybridized carbons (Fsp3) is 0.583. The topological polar surface area (TPSA) is 77.5 Å². The minimum Gasteiger partial charge on any atom is -0.465 e. The molecular formula is C12H20N2O3. The van der Waals surface area contributed by atoms with E-state index in [0.717, 1.165) is 11.4 Å². The van der Waals surface area contributed by atoms with Crippen LogP contribution in [0.1, 0.15) is 39.8 Å². The molecule has 0 aliphatic carbocycles.